The summed E-state index contributed by atoms with van der Waals surface area (Å²) in [6.45, 7) is 0.554. The fourth-order valence-corrected chi connectivity index (χ4v) is 3.37. The van der Waals surface area contributed by atoms with Gasteiger partial charge in [-0.25, -0.2) is 8.78 Å². The smallest absolute Gasteiger partial charge is 0.319 e. The molecule has 0 spiro atoms. The number of nitrogens with zero attached hydrogens (tertiary/aromatic N) is 2. The molecule has 1 amide bonds. The lowest BCUT2D eigenvalue weighted by atomic mass is 9.94. The third-order valence-electron chi connectivity index (χ3n) is 4.72. The van der Waals surface area contributed by atoms with E-state index in [9.17, 15) is 22.4 Å². The Kier molecular flexibility index (Phi) is 5.65. The maximum Gasteiger partial charge on any atom is 0.319 e. The first-order valence-electron chi connectivity index (χ1n) is 7.72. The van der Waals surface area contributed by atoms with Crippen molar-refractivity contribution in [1.29, 1.82) is 0 Å². The Hall–Kier alpha value is -0.890. The second-order valence-corrected chi connectivity index (χ2v) is 6.20. The first kappa shape index (κ1) is 17.5. The van der Waals surface area contributed by atoms with E-state index in [2.05, 4.69) is 0 Å². The first-order valence-corrected chi connectivity index (χ1v) is 7.72. The number of carbonyl (C=O) groups excluding carboxylic acids is 1. The monoisotopic (exact) mass is 325 g/mol. The molecule has 1 aliphatic heterocycles. The molecule has 0 aromatic carbocycles. The van der Waals surface area contributed by atoms with Gasteiger partial charge in [0.25, 0.3) is 0 Å². The molecule has 22 heavy (non-hydrogen) atoms. The molecule has 0 aromatic rings. The molecule has 1 heterocycles. The zero-order chi connectivity index (χ0) is 16.3. The lowest BCUT2D eigenvalue weighted by Crippen LogP contribution is -2.54. The number of halogens is 4. The van der Waals surface area contributed by atoms with E-state index >= 15 is 0 Å². The van der Waals surface area contributed by atoms with Crippen LogP contribution in [0.1, 0.15) is 19.3 Å². The fourth-order valence-electron chi connectivity index (χ4n) is 3.37. The molecule has 0 aromatic heterocycles. The Balaban J connectivity index is 1.83. The highest BCUT2D eigenvalue weighted by atomic mass is 19.3. The van der Waals surface area contributed by atoms with Gasteiger partial charge in [-0.15, -0.1) is 0 Å². The molecule has 2 fully saturated rings. The van der Waals surface area contributed by atoms with E-state index in [1.54, 1.807) is 4.90 Å². The number of carbonyl (C=O) groups is 1. The van der Waals surface area contributed by atoms with Crippen LogP contribution in [-0.4, -0.2) is 67.3 Å². The number of nitrogens with two attached hydrogens (primary N) is 1. The van der Waals surface area contributed by atoms with Crippen molar-refractivity contribution in [3.63, 3.8) is 0 Å². The minimum Gasteiger partial charge on any atom is -0.340 e. The van der Waals surface area contributed by atoms with Crippen LogP contribution in [-0.2, 0) is 4.79 Å². The molecule has 0 unspecified atom stereocenters. The van der Waals surface area contributed by atoms with E-state index in [1.165, 1.54) is 4.90 Å². The van der Waals surface area contributed by atoms with Crippen molar-refractivity contribution < 1.29 is 22.4 Å². The molecular weight excluding hydrogens is 302 g/mol. The van der Waals surface area contributed by atoms with Gasteiger partial charge >= 0.3 is 12.3 Å². The van der Waals surface area contributed by atoms with Crippen LogP contribution in [0, 0.1) is 11.8 Å². The summed E-state index contributed by atoms with van der Waals surface area (Å²) in [6, 6.07) is 0. The van der Waals surface area contributed by atoms with Crippen molar-refractivity contribution in [2.24, 2.45) is 17.6 Å². The minimum atomic E-state index is -4.00. The van der Waals surface area contributed by atoms with Gasteiger partial charge in [-0.2, -0.15) is 8.78 Å². The second kappa shape index (κ2) is 7.12. The van der Waals surface area contributed by atoms with Gasteiger partial charge in [0, 0.05) is 32.1 Å². The molecular formula is C14H23F4N3O. The number of hydrogen-bond donors (Lipinski definition) is 1. The van der Waals surface area contributed by atoms with E-state index in [4.69, 9.17) is 5.73 Å². The molecule has 1 saturated carbocycles. The standard InChI is InChI=1S/C14H23F4N3O/c15-13(16)14(17,18)9-20-4-6-21(7-5-20)12(22)11-3-1-2-10(11)8-19/h10-11,13H,1-9,19H2/t10-,11-/m1/s1. The van der Waals surface area contributed by atoms with E-state index in [-0.39, 0.29) is 30.8 Å². The topological polar surface area (TPSA) is 49.6 Å². The maximum atomic E-state index is 13.0. The average molecular weight is 325 g/mol. The lowest BCUT2D eigenvalue weighted by molar-refractivity contribution is -0.150. The molecule has 4 nitrogen and oxygen atoms in total. The van der Waals surface area contributed by atoms with Crippen LogP contribution >= 0.6 is 0 Å². The molecule has 2 N–H and O–H groups in total. The third kappa shape index (κ3) is 3.90. The number of alkyl halides is 4. The Labute approximate surface area is 127 Å². The SMILES string of the molecule is NC[C@H]1CCC[C@H]1C(=O)N1CCN(CC(F)(F)C(F)F)CC1. The Morgan fingerprint density at radius 3 is 2.36 bits per heavy atom. The Morgan fingerprint density at radius 1 is 1.18 bits per heavy atom. The lowest BCUT2D eigenvalue weighted by Gasteiger charge is -2.37. The van der Waals surface area contributed by atoms with Crippen LogP contribution in [0.2, 0.25) is 0 Å². The molecule has 1 saturated heterocycles. The average Bonchev–Trinajstić information content (AvgIpc) is 2.95. The zero-order valence-electron chi connectivity index (χ0n) is 12.5. The van der Waals surface area contributed by atoms with E-state index in [0.717, 1.165) is 19.3 Å². The summed E-state index contributed by atoms with van der Waals surface area (Å²) >= 11 is 0. The van der Waals surface area contributed by atoms with E-state index in [0.29, 0.717) is 19.6 Å². The molecule has 2 rings (SSSR count). The Bertz CT molecular complexity index is 386. The minimum absolute atomic E-state index is 0.0354. The predicted octanol–water partition coefficient (Wildman–Crippen LogP) is 1.41. The summed E-state index contributed by atoms with van der Waals surface area (Å²) in [4.78, 5) is 15.4. The Morgan fingerprint density at radius 2 is 1.82 bits per heavy atom. The van der Waals surface area contributed by atoms with Crippen LogP contribution in [0.15, 0.2) is 0 Å². The molecule has 1 aliphatic carbocycles. The highest BCUT2D eigenvalue weighted by molar-refractivity contribution is 5.79. The van der Waals surface area contributed by atoms with Crippen molar-refractivity contribution in [3.8, 4) is 0 Å². The predicted molar refractivity (Wildman–Crippen MR) is 73.9 cm³/mol. The van der Waals surface area contributed by atoms with Crippen molar-refractivity contribution in [1.82, 2.24) is 9.80 Å². The van der Waals surface area contributed by atoms with Crippen LogP contribution in [0.5, 0.6) is 0 Å². The highest BCUT2D eigenvalue weighted by Crippen LogP contribution is 2.32. The second-order valence-electron chi connectivity index (χ2n) is 6.20. The van der Waals surface area contributed by atoms with E-state index < -0.39 is 18.9 Å². The maximum absolute atomic E-state index is 13.0. The van der Waals surface area contributed by atoms with Gasteiger partial charge in [0.15, 0.2) is 0 Å². The van der Waals surface area contributed by atoms with Gasteiger partial charge in [-0.3, -0.25) is 9.69 Å². The van der Waals surface area contributed by atoms with E-state index in [1.807, 2.05) is 0 Å². The molecule has 0 bridgehead atoms. The largest absolute Gasteiger partial charge is 0.340 e. The van der Waals surface area contributed by atoms with Gasteiger partial charge in [-0.05, 0) is 25.3 Å². The van der Waals surface area contributed by atoms with Crippen LogP contribution in [0.4, 0.5) is 17.6 Å². The molecule has 2 aliphatic rings. The summed E-state index contributed by atoms with van der Waals surface area (Å²) in [5, 5.41) is 0. The van der Waals surface area contributed by atoms with Crippen LogP contribution in [0.3, 0.4) is 0 Å². The normalized spacial score (nSPS) is 27.6. The number of hydrogen-bond acceptors (Lipinski definition) is 3. The number of piperazine rings is 1. The van der Waals surface area contributed by atoms with Gasteiger partial charge in [0.1, 0.15) is 0 Å². The summed E-state index contributed by atoms with van der Waals surface area (Å²) < 4.78 is 50.5. The van der Waals surface area contributed by atoms with Gasteiger partial charge < -0.3 is 10.6 Å². The van der Waals surface area contributed by atoms with Gasteiger partial charge in [0.2, 0.25) is 5.91 Å². The van der Waals surface area contributed by atoms with Gasteiger partial charge in [0.05, 0.1) is 6.54 Å². The summed E-state index contributed by atoms with van der Waals surface area (Å²) in [7, 11) is 0. The number of amides is 1. The molecule has 128 valence electrons. The first-order chi connectivity index (χ1) is 10.3. The molecule has 8 heteroatoms. The molecule has 2 atom stereocenters. The highest BCUT2D eigenvalue weighted by Gasteiger charge is 2.43. The summed E-state index contributed by atoms with van der Waals surface area (Å²) in [5.74, 6) is -3.83. The van der Waals surface area contributed by atoms with Crippen molar-refractivity contribution >= 4 is 5.91 Å². The van der Waals surface area contributed by atoms with Crippen molar-refractivity contribution in [3.05, 3.63) is 0 Å². The summed E-state index contributed by atoms with van der Waals surface area (Å²) in [5.41, 5.74) is 5.68. The fraction of sp³-hybridized carbons (Fsp3) is 0.929. The number of rotatable bonds is 5. The van der Waals surface area contributed by atoms with Crippen LogP contribution in [0.25, 0.3) is 0 Å². The van der Waals surface area contributed by atoms with Crippen LogP contribution < -0.4 is 5.73 Å². The van der Waals surface area contributed by atoms with Crippen molar-refractivity contribution in [2.45, 2.75) is 31.6 Å². The summed E-state index contributed by atoms with van der Waals surface area (Å²) in [6.07, 6.45) is -0.896. The third-order valence-corrected chi connectivity index (χ3v) is 4.72. The molecule has 0 radical (unpaired) electrons. The van der Waals surface area contributed by atoms with Crippen molar-refractivity contribution in [2.75, 3.05) is 39.3 Å². The van der Waals surface area contributed by atoms with Gasteiger partial charge in [-0.1, -0.05) is 6.42 Å². The zero-order valence-corrected chi connectivity index (χ0v) is 12.5. The quantitative estimate of drug-likeness (QED) is 0.778.